The second kappa shape index (κ2) is 7.72. The van der Waals surface area contributed by atoms with Crippen molar-refractivity contribution in [1.29, 1.82) is 0 Å². The Hall–Kier alpha value is -2.70. The number of hydrogen-bond donors (Lipinski definition) is 1. The Balaban J connectivity index is 1.53. The van der Waals surface area contributed by atoms with E-state index < -0.39 is 0 Å². The number of carbonyl (C=O) groups is 1. The van der Waals surface area contributed by atoms with Gasteiger partial charge in [-0.2, -0.15) is 0 Å². The van der Waals surface area contributed by atoms with Gasteiger partial charge in [0.1, 0.15) is 12.1 Å². The molecule has 0 unspecified atom stereocenters. The third-order valence-electron chi connectivity index (χ3n) is 3.99. The molecule has 2 aromatic rings. The fourth-order valence-electron chi connectivity index (χ4n) is 2.69. The van der Waals surface area contributed by atoms with E-state index in [1.54, 1.807) is 19.4 Å². The number of likely N-dealkylation sites (tertiary alicyclic amines) is 1. The maximum absolute atomic E-state index is 11.6. The van der Waals surface area contributed by atoms with Crippen molar-refractivity contribution in [3.63, 3.8) is 0 Å². The number of pyridine rings is 1. The van der Waals surface area contributed by atoms with Gasteiger partial charge in [-0.15, -0.1) is 0 Å². The third kappa shape index (κ3) is 3.98. The molecule has 1 fully saturated rings. The van der Waals surface area contributed by atoms with E-state index in [0.29, 0.717) is 12.3 Å². The van der Waals surface area contributed by atoms with Crippen LogP contribution in [0.15, 0.2) is 30.7 Å². The molecule has 2 aromatic heterocycles. The molecule has 0 spiro atoms. The molecule has 3 rings (SSSR count). The maximum Gasteiger partial charge on any atom is 0.222 e. The van der Waals surface area contributed by atoms with Crippen LogP contribution in [0.5, 0.6) is 5.88 Å². The van der Waals surface area contributed by atoms with Gasteiger partial charge < -0.3 is 15.0 Å². The van der Waals surface area contributed by atoms with E-state index >= 15 is 0 Å². The number of amides is 1. The second-order valence-electron chi connectivity index (χ2n) is 5.64. The first-order valence-corrected chi connectivity index (χ1v) is 8.10. The Kier molecular flexibility index (Phi) is 5.20. The smallest absolute Gasteiger partial charge is 0.222 e. The summed E-state index contributed by atoms with van der Waals surface area (Å²) in [4.78, 5) is 26.2. The summed E-state index contributed by atoms with van der Waals surface area (Å²) in [6.07, 6.45) is 5.83. The molecule has 126 valence electrons. The highest BCUT2D eigenvalue weighted by Crippen LogP contribution is 2.19. The van der Waals surface area contributed by atoms with E-state index in [4.69, 9.17) is 4.74 Å². The van der Waals surface area contributed by atoms with Crippen molar-refractivity contribution in [3.05, 3.63) is 30.7 Å². The Morgan fingerprint density at radius 2 is 2.21 bits per heavy atom. The summed E-state index contributed by atoms with van der Waals surface area (Å²) < 4.78 is 5.06. The van der Waals surface area contributed by atoms with Gasteiger partial charge in [-0.25, -0.2) is 15.0 Å². The van der Waals surface area contributed by atoms with Crippen LogP contribution < -0.4 is 10.1 Å². The third-order valence-corrected chi connectivity index (χ3v) is 3.99. The minimum atomic E-state index is 0.270. The minimum Gasteiger partial charge on any atom is -0.481 e. The van der Waals surface area contributed by atoms with Crippen LogP contribution in [0.4, 0.5) is 5.82 Å². The van der Waals surface area contributed by atoms with E-state index in [0.717, 1.165) is 49.6 Å². The molecule has 0 atom stereocenters. The van der Waals surface area contributed by atoms with Crippen molar-refractivity contribution in [2.75, 3.05) is 32.1 Å². The van der Waals surface area contributed by atoms with E-state index in [1.807, 2.05) is 17.0 Å². The second-order valence-corrected chi connectivity index (χ2v) is 5.64. The van der Waals surface area contributed by atoms with Gasteiger partial charge in [0.25, 0.3) is 0 Å². The van der Waals surface area contributed by atoms with Gasteiger partial charge in [0.15, 0.2) is 0 Å². The summed E-state index contributed by atoms with van der Waals surface area (Å²) in [5.41, 5.74) is 1.71. The predicted molar refractivity (Wildman–Crippen MR) is 90.7 cm³/mol. The Morgan fingerprint density at radius 1 is 1.29 bits per heavy atom. The number of methoxy groups -OCH3 is 1. The highest BCUT2D eigenvalue weighted by Gasteiger charge is 2.18. The molecule has 3 heterocycles. The Bertz CT molecular complexity index is 690. The average Bonchev–Trinajstić information content (AvgIpc) is 3.04. The van der Waals surface area contributed by atoms with Crippen LogP contribution in [0.25, 0.3) is 11.3 Å². The first-order chi connectivity index (χ1) is 11.8. The number of hydrogen-bond acceptors (Lipinski definition) is 6. The van der Waals surface area contributed by atoms with Gasteiger partial charge in [-0.05, 0) is 18.9 Å². The molecular weight excluding hydrogens is 306 g/mol. The van der Waals surface area contributed by atoms with E-state index in [2.05, 4.69) is 20.3 Å². The number of nitrogens with one attached hydrogen (secondary N) is 1. The number of nitrogens with zero attached hydrogens (tertiary/aromatic N) is 4. The summed E-state index contributed by atoms with van der Waals surface area (Å²) in [6.45, 7) is 2.45. The molecule has 0 aliphatic carbocycles. The molecule has 0 aromatic carbocycles. The molecule has 1 saturated heterocycles. The molecule has 1 aliphatic heterocycles. The molecule has 0 radical (unpaired) electrons. The van der Waals surface area contributed by atoms with E-state index in [9.17, 15) is 4.79 Å². The SMILES string of the molecule is COc1ccc(-c2cc(NCCCN3CCCC3=O)ncn2)cn1. The summed E-state index contributed by atoms with van der Waals surface area (Å²) in [5.74, 6) is 1.61. The van der Waals surface area contributed by atoms with Crippen LogP contribution in [-0.4, -0.2) is 52.5 Å². The quantitative estimate of drug-likeness (QED) is 0.783. The lowest BCUT2D eigenvalue weighted by atomic mass is 10.2. The number of anilines is 1. The lowest BCUT2D eigenvalue weighted by molar-refractivity contribution is -0.127. The van der Waals surface area contributed by atoms with E-state index in [1.165, 1.54) is 6.33 Å². The van der Waals surface area contributed by atoms with Crippen LogP contribution in [0, 0.1) is 0 Å². The highest BCUT2D eigenvalue weighted by atomic mass is 16.5. The van der Waals surface area contributed by atoms with Crippen molar-refractivity contribution in [1.82, 2.24) is 19.9 Å². The normalized spacial score (nSPS) is 14.0. The Morgan fingerprint density at radius 3 is 2.92 bits per heavy atom. The van der Waals surface area contributed by atoms with Gasteiger partial charge in [0.05, 0.1) is 12.8 Å². The van der Waals surface area contributed by atoms with Crippen LogP contribution >= 0.6 is 0 Å². The number of carbonyl (C=O) groups excluding carboxylic acids is 1. The van der Waals surface area contributed by atoms with Crippen molar-refractivity contribution < 1.29 is 9.53 Å². The number of ether oxygens (including phenoxy) is 1. The van der Waals surface area contributed by atoms with Crippen molar-refractivity contribution in [3.8, 4) is 17.1 Å². The lowest BCUT2D eigenvalue weighted by Crippen LogP contribution is -2.27. The van der Waals surface area contributed by atoms with E-state index in [-0.39, 0.29) is 5.91 Å². The zero-order valence-electron chi connectivity index (χ0n) is 13.7. The van der Waals surface area contributed by atoms with Crippen molar-refractivity contribution in [2.45, 2.75) is 19.3 Å². The molecule has 7 heteroatoms. The molecule has 0 bridgehead atoms. The molecule has 1 amide bonds. The zero-order valence-corrected chi connectivity index (χ0v) is 13.7. The van der Waals surface area contributed by atoms with Crippen molar-refractivity contribution in [2.24, 2.45) is 0 Å². The summed E-state index contributed by atoms with van der Waals surface area (Å²) in [6, 6.07) is 5.61. The van der Waals surface area contributed by atoms with Crippen molar-refractivity contribution >= 4 is 11.7 Å². The largest absolute Gasteiger partial charge is 0.481 e. The van der Waals surface area contributed by atoms with Crippen LogP contribution in [0.2, 0.25) is 0 Å². The van der Waals surface area contributed by atoms with Crippen LogP contribution in [-0.2, 0) is 4.79 Å². The predicted octanol–water partition coefficient (Wildman–Crippen LogP) is 1.97. The summed E-state index contributed by atoms with van der Waals surface area (Å²) in [7, 11) is 1.59. The first-order valence-electron chi connectivity index (χ1n) is 8.10. The van der Waals surface area contributed by atoms with Crippen LogP contribution in [0.3, 0.4) is 0 Å². The summed E-state index contributed by atoms with van der Waals surface area (Å²) >= 11 is 0. The number of rotatable bonds is 7. The van der Waals surface area contributed by atoms with Gasteiger partial charge in [0, 0.05) is 49.9 Å². The maximum atomic E-state index is 11.6. The number of aromatic nitrogens is 3. The van der Waals surface area contributed by atoms with Gasteiger partial charge in [-0.1, -0.05) is 0 Å². The molecule has 1 aliphatic rings. The fourth-order valence-corrected chi connectivity index (χ4v) is 2.69. The fraction of sp³-hybridized carbons (Fsp3) is 0.412. The first kappa shape index (κ1) is 16.2. The van der Waals surface area contributed by atoms with Gasteiger partial charge in [-0.3, -0.25) is 4.79 Å². The van der Waals surface area contributed by atoms with Gasteiger partial charge in [0.2, 0.25) is 11.8 Å². The molecular formula is C17H21N5O2. The molecule has 7 nitrogen and oxygen atoms in total. The monoisotopic (exact) mass is 327 g/mol. The van der Waals surface area contributed by atoms with Crippen LogP contribution in [0.1, 0.15) is 19.3 Å². The topological polar surface area (TPSA) is 80.2 Å². The minimum absolute atomic E-state index is 0.270. The standard InChI is InChI=1S/C17H21N5O2/c1-24-16-6-5-13(11-19-16)14-10-15(21-12-20-14)18-7-3-9-22-8-2-4-17(22)23/h5-6,10-12H,2-4,7-9H2,1H3,(H,18,20,21). The van der Waals surface area contributed by atoms with Gasteiger partial charge >= 0.3 is 0 Å². The Labute approximate surface area is 141 Å². The highest BCUT2D eigenvalue weighted by molar-refractivity contribution is 5.78. The average molecular weight is 327 g/mol. The zero-order chi connectivity index (χ0) is 16.8. The molecule has 24 heavy (non-hydrogen) atoms. The molecule has 1 N–H and O–H groups in total. The molecule has 0 saturated carbocycles. The summed E-state index contributed by atoms with van der Waals surface area (Å²) in [5, 5.41) is 3.28. The lowest BCUT2D eigenvalue weighted by Gasteiger charge is -2.15.